The Balaban J connectivity index is 0.998. The van der Waals surface area contributed by atoms with Gasteiger partial charge in [-0.15, -0.1) is 0 Å². The fraction of sp³-hybridized carbons (Fsp3) is 0.514. The highest BCUT2D eigenvalue weighted by molar-refractivity contribution is 9.10. The van der Waals surface area contributed by atoms with E-state index in [2.05, 4.69) is 69.6 Å². The molecule has 3 aromatic rings. The summed E-state index contributed by atoms with van der Waals surface area (Å²) in [5.41, 5.74) is 5.02. The number of halogens is 1. The van der Waals surface area contributed by atoms with Crippen LogP contribution in [0.4, 0.5) is 0 Å². The number of benzene rings is 2. The predicted molar refractivity (Wildman–Crippen MR) is 185 cm³/mol. The molecule has 0 bridgehead atoms. The number of carbonyl (C=O) groups excluding carboxylic acids is 1. The Labute approximate surface area is 287 Å². The number of rotatable bonds is 22. The summed E-state index contributed by atoms with van der Waals surface area (Å²) in [6, 6.07) is 18.4. The van der Waals surface area contributed by atoms with Crippen LogP contribution in [0.5, 0.6) is 11.6 Å². The van der Waals surface area contributed by atoms with Crippen molar-refractivity contribution in [2.24, 2.45) is 5.92 Å². The quantitative estimate of drug-likeness (QED) is 0.121. The van der Waals surface area contributed by atoms with E-state index >= 15 is 0 Å². The first kappa shape index (κ1) is 36.8. The van der Waals surface area contributed by atoms with Crippen LogP contribution in [0.3, 0.4) is 0 Å². The minimum Gasteiger partial charge on any atom is -0.491 e. The van der Waals surface area contributed by atoms with Gasteiger partial charge < -0.3 is 33.7 Å². The van der Waals surface area contributed by atoms with E-state index < -0.39 is 0 Å². The molecule has 0 fully saturated rings. The maximum Gasteiger partial charge on any atom is 0.223 e. The first-order chi connectivity index (χ1) is 23.0. The minimum absolute atomic E-state index is 0.106. The normalized spacial score (nSPS) is 14.7. The van der Waals surface area contributed by atoms with Gasteiger partial charge in [0.25, 0.3) is 0 Å². The summed E-state index contributed by atoms with van der Waals surface area (Å²) in [5.74, 6) is 1.39. The fourth-order valence-corrected chi connectivity index (χ4v) is 5.73. The molecule has 1 amide bonds. The second-order valence-electron chi connectivity index (χ2n) is 11.5. The van der Waals surface area contributed by atoms with E-state index in [1.165, 1.54) is 22.3 Å². The number of hydrogen-bond donors (Lipinski definition) is 1. The summed E-state index contributed by atoms with van der Waals surface area (Å²) >= 11 is 3.34. The molecule has 10 heteroatoms. The molecule has 2 unspecified atom stereocenters. The SMILES string of the molecule is CCc1cc(OCCOCCOCCOCCOCCOc2ccc(Br)cn2)ccc1CC(C)C(=O)NC1CCCc2ccccc21. The highest BCUT2D eigenvalue weighted by Gasteiger charge is 2.24. The zero-order valence-corrected chi connectivity index (χ0v) is 29.3. The molecule has 47 heavy (non-hydrogen) atoms. The van der Waals surface area contributed by atoms with Crippen LogP contribution in [0, 0.1) is 5.92 Å². The molecule has 2 atom stereocenters. The van der Waals surface area contributed by atoms with E-state index in [1.807, 2.05) is 19.1 Å². The Morgan fingerprint density at radius 2 is 1.51 bits per heavy atom. The smallest absolute Gasteiger partial charge is 0.223 e. The molecule has 0 aliphatic heterocycles. The number of amides is 1. The van der Waals surface area contributed by atoms with E-state index in [9.17, 15) is 4.79 Å². The summed E-state index contributed by atoms with van der Waals surface area (Å²) in [6.07, 6.45) is 6.46. The molecule has 1 aromatic heterocycles. The van der Waals surface area contributed by atoms with Gasteiger partial charge in [0.2, 0.25) is 11.8 Å². The highest BCUT2D eigenvalue weighted by Crippen LogP contribution is 2.30. The molecule has 0 radical (unpaired) electrons. The second-order valence-corrected chi connectivity index (χ2v) is 12.4. The van der Waals surface area contributed by atoms with Crippen molar-refractivity contribution in [3.8, 4) is 11.6 Å². The van der Waals surface area contributed by atoms with Crippen LogP contribution < -0.4 is 14.8 Å². The van der Waals surface area contributed by atoms with Gasteiger partial charge in [0.05, 0.1) is 58.9 Å². The van der Waals surface area contributed by atoms with E-state index in [0.717, 1.165) is 35.9 Å². The number of ether oxygens (including phenoxy) is 6. The number of aromatic nitrogens is 1. The van der Waals surface area contributed by atoms with E-state index in [0.29, 0.717) is 78.4 Å². The van der Waals surface area contributed by atoms with Gasteiger partial charge in [-0.05, 0) is 88.5 Å². The monoisotopic (exact) mass is 712 g/mol. The lowest BCUT2D eigenvalue weighted by Gasteiger charge is -2.27. The Morgan fingerprint density at radius 3 is 2.17 bits per heavy atom. The molecule has 0 saturated heterocycles. The van der Waals surface area contributed by atoms with Gasteiger partial charge >= 0.3 is 0 Å². The van der Waals surface area contributed by atoms with E-state index in [-0.39, 0.29) is 17.9 Å². The van der Waals surface area contributed by atoms with Crippen LogP contribution in [0.25, 0.3) is 0 Å². The van der Waals surface area contributed by atoms with E-state index in [4.69, 9.17) is 28.4 Å². The predicted octanol–water partition coefficient (Wildman–Crippen LogP) is 6.30. The second kappa shape index (κ2) is 21.1. The van der Waals surface area contributed by atoms with Gasteiger partial charge in [-0.2, -0.15) is 0 Å². The third-order valence-corrected chi connectivity index (χ3v) is 8.48. The molecule has 0 spiro atoms. The third kappa shape index (κ3) is 13.2. The number of hydrogen-bond acceptors (Lipinski definition) is 8. The lowest BCUT2D eigenvalue weighted by Crippen LogP contribution is -2.35. The van der Waals surface area contributed by atoms with Crippen molar-refractivity contribution in [1.82, 2.24) is 10.3 Å². The topological polar surface area (TPSA) is 97.4 Å². The average Bonchev–Trinajstić information content (AvgIpc) is 3.09. The standard InChI is InChI=1S/C37H49BrN2O7/c1-3-29-26-33(13-11-31(29)25-28(2)37(41)40-35-10-6-8-30-7-4-5-9-34(30)35)46-23-21-44-19-17-42-15-16-43-18-20-45-22-24-47-36-14-12-32(38)27-39-36/h4-5,7,9,11-14,26-28,35H,3,6,8,10,15-25H2,1-2H3,(H,40,41). The largest absolute Gasteiger partial charge is 0.491 e. The van der Waals surface area contributed by atoms with Crippen LogP contribution >= 0.6 is 15.9 Å². The molecule has 1 aliphatic rings. The summed E-state index contributed by atoms with van der Waals surface area (Å²) < 4.78 is 34.6. The van der Waals surface area contributed by atoms with Gasteiger partial charge in [0, 0.05) is 22.7 Å². The van der Waals surface area contributed by atoms with Crippen LogP contribution in [0.1, 0.15) is 55.0 Å². The number of aryl methyl sites for hydroxylation is 2. The molecule has 1 aliphatic carbocycles. The summed E-state index contributed by atoms with van der Waals surface area (Å²) in [5, 5.41) is 3.32. The van der Waals surface area contributed by atoms with Gasteiger partial charge in [-0.25, -0.2) is 4.98 Å². The van der Waals surface area contributed by atoms with Crippen LogP contribution in [0.2, 0.25) is 0 Å². The molecule has 2 aromatic carbocycles. The zero-order valence-electron chi connectivity index (χ0n) is 27.7. The molecule has 4 rings (SSSR count). The minimum atomic E-state index is -0.116. The van der Waals surface area contributed by atoms with Gasteiger partial charge in [0.15, 0.2) is 0 Å². The van der Waals surface area contributed by atoms with E-state index in [1.54, 1.807) is 12.3 Å². The number of pyridine rings is 1. The molecular weight excluding hydrogens is 664 g/mol. The fourth-order valence-electron chi connectivity index (χ4n) is 5.49. The summed E-state index contributed by atoms with van der Waals surface area (Å²) in [7, 11) is 0. The Hall–Kier alpha value is -3.02. The molecule has 1 N–H and O–H groups in total. The summed E-state index contributed by atoms with van der Waals surface area (Å²) in [4.78, 5) is 17.3. The molecular formula is C37H49BrN2O7. The molecule has 0 saturated carbocycles. The van der Waals surface area contributed by atoms with Crippen LogP contribution in [0.15, 0.2) is 65.3 Å². The first-order valence-electron chi connectivity index (χ1n) is 16.7. The van der Waals surface area contributed by atoms with Crippen molar-refractivity contribution in [2.45, 2.75) is 52.0 Å². The number of nitrogens with zero attached hydrogens (tertiary/aromatic N) is 1. The molecule has 256 valence electrons. The molecule has 1 heterocycles. The maximum atomic E-state index is 13.1. The van der Waals surface area contributed by atoms with Crippen molar-refractivity contribution < 1.29 is 33.2 Å². The molecule has 9 nitrogen and oxygen atoms in total. The maximum absolute atomic E-state index is 13.1. The number of nitrogens with one attached hydrogen (secondary N) is 1. The van der Waals surface area contributed by atoms with Crippen molar-refractivity contribution in [2.75, 3.05) is 66.1 Å². The Morgan fingerprint density at radius 1 is 0.851 bits per heavy atom. The van der Waals surface area contributed by atoms with Crippen molar-refractivity contribution in [3.63, 3.8) is 0 Å². The summed E-state index contributed by atoms with van der Waals surface area (Å²) in [6.45, 7) is 8.97. The number of fused-ring (bicyclic) bond motifs is 1. The Kier molecular flexibility index (Phi) is 16.5. The highest BCUT2D eigenvalue weighted by atomic mass is 79.9. The van der Waals surface area contributed by atoms with Gasteiger partial charge in [-0.1, -0.05) is 44.2 Å². The van der Waals surface area contributed by atoms with Gasteiger partial charge in [-0.3, -0.25) is 4.79 Å². The lowest BCUT2D eigenvalue weighted by molar-refractivity contribution is -0.125. The third-order valence-electron chi connectivity index (χ3n) is 8.01. The van der Waals surface area contributed by atoms with Gasteiger partial charge in [0.1, 0.15) is 19.0 Å². The number of carbonyl (C=O) groups is 1. The van der Waals surface area contributed by atoms with Crippen LogP contribution in [-0.4, -0.2) is 77.0 Å². The van der Waals surface area contributed by atoms with Crippen molar-refractivity contribution in [1.29, 1.82) is 0 Å². The lowest BCUT2D eigenvalue weighted by atomic mass is 9.87. The van der Waals surface area contributed by atoms with Crippen molar-refractivity contribution >= 4 is 21.8 Å². The Bertz CT molecular complexity index is 1340. The zero-order chi connectivity index (χ0) is 33.1. The average molecular weight is 714 g/mol. The first-order valence-corrected chi connectivity index (χ1v) is 17.5. The van der Waals surface area contributed by atoms with Crippen LogP contribution in [-0.2, 0) is 43.0 Å². The van der Waals surface area contributed by atoms with Crippen molar-refractivity contribution in [3.05, 3.63) is 87.5 Å².